The number of aromatic nitrogens is 3. The van der Waals surface area contributed by atoms with Gasteiger partial charge in [0, 0.05) is 18.4 Å². The topological polar surface area (TPSA) is 124 Å². The van der Waals surface area contributed by atoms with Gasteiger partial charge >= 0.3 is 11.8 Å². The number of benzene rings is 1. The van der Waals surface area contributed by atoms with Gasteiger partial charge in [-0.15, -0.1) is 0 Å². The zero-order chi connectivity index (χ0) is 26.1. The van der Waals surface area contributed by atoms with Gasteiger partial charge in [-0.1, -0.05) is 19.0 Å². The van der Waals surface area contributed by atoms with Crippen molar-refractivity contribution in [2.75, 3.05) is 7.11 Å². The summed E-state index contributed by atoms with van der Waals surface area (Å²) in [6.07, 6.45) is 6.26. The normalized spacial score (nSPS) is 19.6. The van der Waals surface area contributed by atoms with E-state index >= 15 is 0 Å². The molecule has 10 heteroatoms. The molecule has 4 rings (SSSR count). The van der Waals surface area contributed by atoms with Crippen LogP contribution in [0.2, 0.25) is 0 Å². The second-order valence-electron chi connectivity index (χ2n) is 10.1. The first-order valence-electron chi connectivity index (χ1n) is 11.9. The van der Waals surface area contributed by atoms with Gasteiger partial charge in [-0.25, -0.2) is 8.42 Å². The van der Waals surface area contributed by atoms with E-state index in [0.29, 0.717) is 22.8 Å². The zero-order valence-corrected chi connectivity index (χ0v) is 22.1. The van der Waals surface area contributed by atoms with Gasteiger partial charge in [0.25, 0.3) is 0 Å². The number of pyridine rings is 1. The second kappa shape index (κ2) is 10.0. The van der Waals surface area contributed by atoms with E-state index in [1.165, 1.54) is 12.7 Å². The number of ether oxygens (including phenoxy) is 1. The van der Waals surface area contributed by atoms with Crippen LogP contribution in [0.5, 0.6) is 5.75 Å². The standard InChI is InChI=1S/C26H32N4O5S/c1-16-12-20(34-5)13-17(2)23(16)36(32,33)15-22-29-25(35-30-22)24(31)28-21-7-6-19(14-26(21,3)4)18-8-10-27-11-9-18/h8-13,19,21H,6-7,14-15H2,1-5H3,(H,28,31). The van der Waals surface area contributed by atoms with E-state index in [9.17, 15) is 13.2 Å². The summed E-state index contributed by atoms with van der Waals surface area (Å²) in [5.41, 5.74) is 2.24. The number of methoxy groups -OCH3 is 1. The number of hydrogen-bond acceptors (Lipinski definition) is 8. The van der Waals surface area contributed by atoms with E-state index in [2.05, 4.69) is 34.3 Å². The van der Waals surface area contributed by atoms with Crippen molar-refractivity contribution in [3.8, 4) is 5.75 Å². The van der Waals surface area contributed by atoms with E-state index in [0.717, 1.165) is 19.3 Å². The van der Waals surface area contributed by atoms with E-state index in [1.807, 2.05) is 12.1 Å². The molecule has 1 fully saturated rings. The van der Waals surface area contributed by atoms with E-state index in [4.69, 9.17) is 9.26 Å². The molecule has 2 atom stereocenters. The van der Waals surface area contributed by atoms with Gasteiger partial charge < -0.3 is 14.6 Å². The molecule has 2 aromatic heterocycles. The molecule has 1 amide bonds. The molecule has 0 aliphatic heterocycles. The quantitative estimate of drug-likeness (QED) is 0.500. The molecule has 1 N–H and O–H groups in total. The number of aryl methyl sites for hydroxylation is 2. The Kier molecular flexibility index (Phi) is 7.17. The number of carbonyl (C=O) groups is 1. The molecule has 0 bridgehead atoms. The van der Waals surface area contributed by atoms with Crippen molar-refractivity contribution in [2.45, 2.75) is 69.6 Å². The molecule has 192 valence electrons. The highest BCUT2D eigenvalue weighted by Gasteiger charge is 2.39. The average Bonchev–Trinajstić information content (AvgIpc) is 3.27. The van der Waals surface area contributed by atoms with Crippen molar-refractivity contribution in [3.63, 3.8) is 0 Å². The Balaban J connectivity index is 1.43. The van der Waals surface area contributed by atoms with Gasteiger partial charge in [-0.05, 0) is 85.4 Å². The minimum absolute atomic E-state index is 0.0598. The van der Waals surface area contributed by atoms with Crippen LogP contribution in [0.3, 0.4) is 0 Å². The third-order valence-corrected chi connectivity index (χ3v) is 8.87. The molecule has 2 unspecified atom stereocenters. The molecule has 36 heavy (non-hydrogen) atoms. The molecule has 1 aliphatic carbocycles. The number of hydrogen-bond donors (Lipinski definition) is 1. The van der Waals surface area contributed by atoms with Crippen LogP contribution in [0.4, 0.5) is 0 Å². The van der Waals surface area contributed by atoms with Crippen molar-refractivity contribution in [2.24, 2.45) is 5.41 Å². The number of nitrogens with zero attached hydrogens (tertiary/aromatic N) is 3. The van der Waals surface area contributed by atoms with Crippen LogP contribution in [0.25, 0.3) is 0 Å². The van der Waals surface area contributed by atoms with E-state index in [1.54, 1.807) is 38.4 Å². The van der Waals surface area contributed by atoms with Crippen molar-refractivity contribution in [3.05, 3.63) is 65.1 Å². The fourth-order valence-corrected chi connectivity index (χ4v) is 6.91. The average molecular weight is 513 g/mol. The van der Waals surface area contributed by atoms with Crippen LogP contribution in [0.15, 0.2) is 46.1 Å². The lowest BCUT2D eigenvalue weighted by Gasteiger charge is -2.42. The van der Waals surface area contributed by atoms with Crippen LogP contribution in [-0.4, -0.2) is 42.6 Å². The molecule has 3 aromatic rings. The molecule has 1 aliphatic rings. The van der Waals surface area contributed by atoms with Gasteiger partial charge in [0.05, 0.1) is 12.0 Å². The van der Waals surface area contributed by atoms with Crippen LogP contribution in [0.1, 0.15) is 72.2 Å². The molecule has 9 nitrogen and oxygen atoms in total. The van der Waals surface area contributed by atoms with E-state index in [-0.39, 0.29) is 28.1 Å². The maximum absolute atomic E-state index is 13.1. The lowest BCUT2D eigenvalue weighted by Crippen LogP contribution is -2.48. The number of sulfone groups is 1. The molecule has 1 saturated carbocycles. The maximum atomic E-state index is 13.1. The first-order valence-corrected chi connectivity index (χ1v) is 13.6. The van der Waals surface area contributed by atoms with Crippen LogP contribution >= 0.6 is 0 Å². The summed E-state index contributed by atoms with van der Waals surface area (Å²) in [5.74, 6) is -0.281. The fraction of sp³-hybridized carbons (Fsp3) is 0.462. The lowest BCUT2D eigenvalue weighted by atomic mass is 9.67. The Hall–Kier alpha value is -3.27. The SMILES string of the molecule is COc1cc(C)c(S(=O)(=O)Cc2noc(C(=O)NC3CCC(c4ccncc4)CC3(C)C)n2)c(C)c1. The Morgan fingerprint density at radius 1 is 1.17 bits per heavy atom. The fourth-order valence-electron chi connectivity index (χ4n) is 5.21. The first kappa shape index (κ1) is 25.8. The van der Waals surface area contributed by atoms with Crippen LogP contribution in [-0.2, 0) is 15.6 Å². The number of carbonyl (C=O) groups excluding carboxylic acids is 1. The molecule has 0 radical (unpaired) electrons. The molecule has 1 aromatic carbocycles. The predicted molar refractivity (Wildman–Crippen MR) is 134 cm³/mol. The van der Waals surface area contributed by atoms with E-state index < -0.39 is 21.5 Å². The minimum atomic E-state index is -3.77. The summed E-state index contributed by atoms with van der Waals surface area (Å²) in [7, 11) is -2.24. The summed E-state index contributed by atoms with van der Waals surface area (Å²) < 4.78 is 36.6. The van der Waals surface area contributed by atoms with Gasteiger partial charge in [-0.3, -0.25) is 9.78 Å². The van der Waals surface area contributed by atoms with Crippen LogP contribution in [0, 0.1) is 19.3 Å². The Bertz CT molecular complexity index is 1330. The summed E-state index contributed by atoms with van der Waals surface area (Å²) in [6.45, 7) is 7.69. The minimum Gasteiger partial charge on any atom is -0.497 e. The van der Waals surface area contributed by atoms with Crippen molar-refractivity contribution >= 4 is 15.7 Å². The zero-order valence-electron chi connectivity index (χ0n) is 21.2. The summed E-state index contributed by atoms with van der Waals surface area (Å²) >= 11 is 0. The lowest BCUT2D eigenvalue weighted by molar-refractivity contribution is 0.0794. The molecular weight excluding hydrogens is 480 g/mol. The Labute approximate surface area is 211 Å². The van der Waals surface area contributed by atoms with Gasteiger partial charge in [0.15, 0.2) is 15.7 Å². The second-order valence-corrected chi connectivity index (χ2v) is 12.1. The molecule has 2 heterocycles. The first-order chi connectivity index (χ1) is 17.0. The molecule has 0 saturated heterocycles. The summed E-state index contributed by atoms with van der Waals surface area (Å²) in [4.78, 5) is 21.3. The highest BCUT2D eigenvalue weighted by molar-refractivity contribution is 7.90. The number of nitrogens with one attached hydrogen (secondary N) is 1. The van der Waals surface area contributed by atoms with Crippen molar-refractivity contribution < 1.29 is 22.5 Å². The van der Waals surface area contributed by atoms with Gasteiger partial charge in [0.2, 0.25) is 0 Å². The maximum Gasteiger partial charge on any atom is 0.315 e. The third-order valence-electron chi connectivity index (χ3n) is 6.96. The summed E-state index contributed by atoms with van der Waals surface area (Å²) in [6, 6.07) is 7.35. The number of amides is 1. The monoisotopic (exact) mass is 512 g/mol. The highest BCUT2D eigenvalue weighted by atomic mass is 32.2. The van der Waals surface area contributed by atoms with Gasteiger partial charge in [0.1, 0.15) is 11.5 Å². The molecule has 0 spiro atoms. The van der Waals surface area contributed by atoms with Crippen LogP contribution < -0.4 is 10.1 Å². The van der Waals surface area contributed by atoms with Gasteiger partial charge in [-0.2, -0.15) is 4.98 Å². The Morgan fingerprint density at radius 2 is 1.83 bits per heavy atom. The Morgan fingerprint density at radius 3 is 2.44 bits per heavy atom. The summed E-state index contributed by atoms with van der Waals surface area (Å²) in [5, 5.41) is 6.79. The van der Waals surface area contributed by atoms with Crippen molar-refractivity contribution in [1.82, 2.24) is 20.4 Å². The third kappa shape index (κ3) is 5.43. The molecular formula is C26H32N4O5S. The smallest absolute Gasteiger partial charge is 0.315 e. The predicted octanol–water partition coefficient (Wildman–Crippen LogP) is 4.16. The highest BCUT2D eigenvalue weighted by Crippen LogP contribution is 2.43. The number of rotatable bonds is 7. The largest absolute Gasteiger partial charge is 0.497 e. The van der Waals surface area contributed by atoms with Crippen molar-refractivity contribution in [1.29, 1.82) is 0 Å².